The van der Waals surface area contributed by atoms with Gasteiger partial charge in [0, 0.05) is 53.7 Å². The molecule has 0 spiro atoms. The van der Waals surface area contributed by atoms with E-state index in [0.29, 0.717) is 0 Å². The maximum atomic E-state index is 13.7. The average molecular weight is 487 g/mol. The molecule has 36 heavy (non-hydrogen) atoms. The van der Waals surface area contributed by atoms with Crippen LogP contribution in [-0.2, 0) is 24.2 Å². The number of aromatic nitrogens is 2. The molecular formula is C29H31FN4O2. The normalized spacial score (nSPS) is 15.3. The number of fused-ring (bicyclic) bond motifs is 2. The molecule has 186 valence electrons. The minimum atomic E-state index is -0.545. The van der Waals surface area contributed by atoms with Gasteiger partial charge >= 0.3 is 0 Å². The summed E-state index contributed by atoms with van der Waals surface area (Å²) < 4.78 is 13.7. The third-order valence-electron chi connectivity index (χ3n) is 7.22. The lowest BCUT2D eigenvalue weighted by atomic mass is 10.0. The first-order chi connectivity index (χ1) is 17.4. The predicted octanol–water partition coefficient (Wildman–Crippen LogP) is 5.50. The molecule has 2 heterocycles. The van der Waals surface area contributed by atoms with E-state index in [2.05, 4.69) is 46.9 Å². The number of benzene rings is 2. The minimum absolute atomic E-state index is 0.232. The third kappa shape index (κ3) is 4.98. The van der Waals surface area contributed by atoms with Gasteiger partial charge in [-0.05, 0) is 91.3 Å². The van der Waals surface area contributed by atoms with E-state index in [1.165, 1.54) is 40.1 Å². The lowest BCUT2D eigenvalue weighted by Crippen LogP contribution is -2.29. The summed E-state index contributed by atoms with van der Waals surface area (Å²) >= 11 is 0. The molecule has 0 aliphatic heterocycles. The van der Waals surface area contributed by atoms with Crippen LogP contribution in [0.5, 0.6) is 0 Å². The molecule has 1 aliphatic rings. The van der Waals surface area contributed by atoms with Gasteiger partial charge in [0.1, 0.15) is 5.82 Å². The number of H-pyrrole nitrogens is 2. The Bertz CT molecular complexity index is 1430. The van der Waals surface area contributed by atoms with E-state index < -0.39 is 5.91 Å². The second-order valence-electron chi connectivity index (χ2n) is 9.65. The topological polar surface area (TPSA) is 84.2 Å². The number of hydroxylamine groups is 1. The van der Waals surface area contributed by atoms with E-state index in [9.17, 15) is 9.18 Å². The molecule has 0 radical (unpaired) electrons. The van der Waals surface area contributed by atoms with Crippen LogP contribution >= 0.6 is 0 Å². The number of hydrogen-bond acceptors (Lipinski definition) is 3. The average Bonchev–Trinajstić information content (AvgIpc) is 3.56. The van der Waals surface area contributed by atoms with Crippen molar-refractivity contribution < 1.29 is 14.4 Å². The lowest BCUT2D eigenvalue weighted by Gasteiger charge is -2.30. The zero-order valence-electron chi connectivity index (χ0n) is 20.6. The van der Waals surface area contributed by atoms with Gasteiger partial charge in [0.25, 0.3) is 5.91 Å². The summed E-state index contributed by atoms with van der Waals surface area (Å²) in [5.74, 6) is -0.777. The molecule has 0 bridgehead atoms. The fraction of sp³-hybridized carbons (Fsp3) is 0.276. The Balaban J connectivity index is 1.40. The fourth-order valence-electron chi connectivity index (χ4n) is 5.45. The Morgan fingerprint density at radius 2 is 2.06 bits per heavy atom. The highest BCUT2D eigenvalue weighted by molar-refractivity contribution is 5.90. The molecule has 1 amide bonds. The van der Waals surface area contributed by atoms with Crippen molar-refractivity contribution in [3.05, 3.63) is 99.8 Å². The van der Waals surface area contributed by atoms with Crippen LogP contribution in [0.25, 0.3) is 17.0 Å². The number of aromatic amines is 2. The second kappa shape index (κ2) is 10.1. The van der Waals surface area contributed by atoms with Crippen molar-refractivity contribution in [2.75, 3.05) is 6.54 Å². The number of nitrogens with zero attached hydrogens (tertiary/aromatic N) is 1. The van der Waals surface area contributed by atoms with Crippen LogP contribution < -0.4 is 5.48 Å². The molecule has 5 rings (SSSR count). The number of hydrogen-bond donors (Lipinski definition) is 4. The Kier molecular flexibility index (Phi) is 6.76. The van der Waals surface area contributed by atoms with Crippen molar-refractivity contribution in [3.8, 4) is 0 Å². The van der Waals surface area contributed by atoms with Crippen molar-refractivity contribution in [1.29, 1.82) is 0 Å². The first-order valence-corrected chi connectivity index (χ1v) is 12.3. The summed E-state index contributed by atoms with van der Waals surface area (Å²) in [6.07, 6.45) is 7.89. The molecule has 1 unspecified atom stereocenters. The number of amides is 1. The Morgan fingerprint density at radius 1 is 1.19 bits per heavy atom. The van der Waals surface area contributed by atoms with Crippen molar-refractivity contribution in [1.82, 2.24) is 20.3 Å². The Labute approximate surface area is 209 Å². The zero-order chi connectivity index (χ0) is 25.2. The Morgan fingerprint density at radius 3 is 2.83 bits per heavy atom. The van der Waals surface area contributed by atoms with Crippen molar-refractivity contribution in [2.45, 2.75) is 45.7 Å². The zero-order valence-corrected chi connectivity index (χ0v) is 20.6. The molecule has 0 fully saturated rings. The number of carbonyl (C=O) groups excluding carboxylic acids is 1. The first kappa shape index (κ1) is 24.0. The second-order valence-corrected chi connectivity index (χ2v) is 9.65. The largest absolute Gasteiger partial charge is 0.362 e. The summed E-state index contributed by atoms with van der Waals surface area (Å²) in [6, 6.07) is 13.8. The van der Waals surface area contributed by atoms with Gasteiger partial charge in [-0.25, -0.2) is 9.87 Å². The van der Waals surface area contributed by atoms with Crippen molar-refractivity contribution >= 4 is 22.9 Å². The smallest absolute Gasteiger partial charge is 0.267 e. The molecule has 2 aromatic heterocycles. The number of halogens is 1. The molecule has 0 saturated carbocycles. The number of nitrogens with one attached hydrogen (secondary N) is 3. The molecule has 2 aromatic carbocycles. The maximum absolute atomic E-state index is 13.7. The van der Waals surface area contributed by atoms with E-state index in [4.69, 9.17) is 5.21 Å². The van der Waals surface area contributed by atoms with Crippen LogP contribution in [0.3, 0.4) is 0 Å². The van der Waals surface area contributed by atoms with Gasteiger partial charge < -0.3 is 9.97 Å². The lowest BCUT2D eigenvalue weighted by molar-refractivity contribution is -0.124. The highest BCUT2D eigenvalue weighted by Crippen LogP contribution is 2.38. The quantitative estimate of drug-likeness (QED) is 0.151. The maximum Gasteiger partial charge on any atom is 0.267 e. The summed E-state index contributed by atoms with van der Waals surface area (Å²) in [5.41, 5.74) is 10.9. The molecule has 4 N–H and O–H groups in total. The highest BCUT2D eigenvalue weighted by atomic mass is 19.1. The standard InChI is InChI=1S/C29H31FN4O2/c1-18-13-23(19(2)32-18)17-34(12-11-22-16-31-27-15-24(30)6-8-25(22)27)28-9-5-21-14-20(3-7-26(21)28)4-10-29(35)33-36/h3-4,6-8,10,13-16,28,31-32,36H,5,9,11-12,17H2,1-2H3,(H,33,35)/b10-4+. The molecular weight excluding hydrogens is 455 g/mol. The number of aryl methyl sites for hydroxylation is 3. The van der Waals surface area contributed by atoms with Crippen LogP contribution in [0.4, 0.5) is 4.39 Å². The SMILES string of the molecule is Cc1cc(CN(CCc2c[nH]c3cc(F)ccc23)C2CCc3cc(/C=C/C(=O)NO)ccc32)c(C)[nH]1. The summed E-state index contributed by atoms with van der Waals surface area (Å²) in [4.78, 5) is 20.6. The predicted molar refractivity (Wildman–Crippen MR) is 139 cm³/mol. The van der Waals surface area contributed by atoms with Gasteiger partial charge in [-0.15, -0.1) is 0 Å². The van der Waals surface area contributed by atoms with Crippen LogP contribution in [0.1, 0.15) is 51.7 Å². The van der Waals surface area contributed by atoms with E-state index in [1.54, 1.807) is 17.6 Å². The van der Waals surface area contributed by atoms with Crippen LogP contribution in [0.2, 0.25) is 0 Å². The molecule has 6 nitrogen and oxygen atoms in total. The highest BCUT2D eigenvalue weighted by Gasteiger charge is 2.28. The van der Waals surface area contributed by atoms with Gasteiger partial charge in [-0.3, -0.25) is 14.9 Å². The monoisotopic (exact) mass is 486 g/mol. The van der Waals surface area contributed by atoms with E-state index in [1.807, 2.05) is 18.3 Å². The van der Waals surface area contributed by atoms with Gasteiger partial charge in [0.05, 0.1) is 0 Å². The summed E-state index contributed by atoms with van der Waals surface area (Å²) in [6.45, 7) is 5.92. The van der Waals surface area contributed by atoms with Crippen LogP contribution in [-0.4, -0.2) is 32.5 Å². The van der Waals surface area contributed by atoms with Crippen molar-refractivity contribution in [2.24, 2.45) is 0 Å². The first-order valence-electron chi connectivity index (χ1n) is 12.3. The third-order valence-corrected chi connectivity index (χ3v) is 7.22. The van der Waals surface area contributed by atoms with E-state index in [-0.39, 0.29) is 11.9 Å². The van der Waals surface area contributed by atoms with Gasteiger partial charge in [-0.2, -0.15) is 0 Å². The Hall–Kier alpha value is -3.68. The summed E-state index contributed by atoms with van der Waals surface area (Å²) in [7, 11) is 0. The molecule has 1 atom stereocenters. The summed E-state index contributed by atoms with van der Waals surface area (Å²) in [5, 5.41) is 9.79. The van der Waals surface area contributed by atoms with Gasteiger partial charge in [0.2, 0.25) is 0 Å². The van der Waals surface area contributed by atoms with E-state index >= 15 is 0 Å². The molecule has 1 aliphatic carbocycles. The van der Waals surface area contributed by atoms with Crippen molar-refractivity contribution in [3.63, 3.8) is 0 Å². The van der Waals surface area contributed by atoms with Crippen LogP contribution in [0.15, 0.2) is 54.7 Å². The van der Waals surface area contributed by atoms with Gasteiger partial charge in [0.15, 0.2) is 0 Å². The van der Waals surface area contributed by atoms with Gasteiger partial charge in [-0.1, -0.05) is 18.2 Å². The molecule has 7 heteroatoms. The minimum Gasteiger partial charge on any atom is -0.362 e. The number of rotatable bonds is 8. The number of carbonyl (C=O) groups is 1. The van der Waals surface area contributed by atoms with Crippen LogP contribution in [0, 0.1) is 19.7 Å². The van der Waals surface area contributed by atoms with E-state index in [0.717, 1.165) is 54.5 Å². The molecule has 4 aromatic rings. The fourth-order valence-corrected chi connectivity index (χ4v) is 5.45. The molecule has 0 saturated heterocycles.